The predicted molar refractivity (Wildman–Crippen MR) is 109 cm³/mol. The molecule has 5 nitrogen and oxygen atoms in total. The summed E-state index contributed by atoms with van der Waals surface area (Å²) in [6, 6.07) is 14.8. The molecule has 27 heavy (non-hydrogen) atoms. The summed E-state index contributed by atoms with van der Waals surface area (Å²) in [5.41, 5.74) is 5.93. The molecule has 5 heteroatoms. The van der Waals surface area contributed by atoms with Gasteiger partial charge in [0.2, 0.25) is 5.91 Å². The van der Waals surface area contributed by atoms with Gasteiger partial charge in [0.1, 0.15) is 0 Å². The van der Waals surface area contributed by atoms with E-state index in [2.05, 4.69) is 63.1 Å². The topological polar surface area (TPSA) is 60.2 Å². The molecule has 3 heterocycles. The van der Waals surface area contributed by atoms with Crippen LogP contribution in [-0.4, -0.2) is 35.4 Å². The van der Waals surface area contributed by atoms with Crippen molar-refractivity contribution in [3.8, 4) is 0 Å². The van der Waals surface area contributed by atoms with Gasteiger partial charge < -0.3 is 15.6 Å². The first-order valence-corrected chi connectivity index (χ1v) is 9.72. The maximum atomic E-state index is 11.9. The van der Waals surface area contributed by atoms with Gasteiger partial charge in [0, 0.05) is 43.2 Å². The number of rotatable bonds is 3. The third kappa shape index (κ3) is 3.08. The number of anilines is 2. The molecule has 1 unspecified atom stereocenters. The SMILES string of the molecule is O=C1CCNc2c(cccc2C2CCN(Cc3c[nH]c4ccccc34)C2)N1. The number of fused-ring (bicyclic) bond motifs is 2. The van der Waals surface area contributed by atoms with E-state index >= 15 is 0 Å². The molecule has 1 atom stereocenters. The Labute approximate surface area is 158 Å². The van der Waals surface area contributed by atoms with Crippen LogP contribution >= 0.6 is 0 Å². The second-order valence-corrected chi connectivity index (χ2v) is 7.57. The second-order valence-electron chi connectivity index (χ2n) is 7.57. The Hall–Kier alpha value is -2.79. The molecule has 3 aromatic rings. The summed E-state index contributed by atoms with van der Waals surface area (Å²) in [4.78, 5) is 17.8. The minimum Gasteiger partial charge on any atom is -0.383 e. The van der Waals surface area contributed by atoms with Gasteiger partial charge in [0.05, 0.1) is 11.4 Å². The Kier molecular flexibility index (Phi) is 4.09. The number of para-hydroxylation sites is 2. The molecule has 0 bridgehead atoms. The summed E-state index contributed by atoms with van der Waals surface area (Å²) < 4.78 is 0. The van der Waals surface area contributed by atoms with Gasteiger partial charge in [-0.25, -0.2) is 0 Å². The van der Waals surface area contributed by atoms with E-state index in [9.17, 15) is 4.79 Å². The van der Waals surface area contributed by atoms with Crippen molar-refractivity contribution in [2.24, 2.45) is 0 Å². The zero-order valence-electron chi connectivity index (χ0n) is 15.3. The molecule has 1 amide bonds. The van der Waals surface area contributed by atoms with Gasteiger partial charge in [-0.2, -0.15) is 0 Å². The number of likely N-dealkylation sites (tertiary alicyclic amines) is 1. The second kappa shape index (κ2) is 6.74. The van der Waals surface area contributed by atoms with Crippen LogP contribution in [0.3, 0.4) is 0 Å². The Bertz CT molecular complexity index is 993. The highest BCUT2D eigenvalue weighted by molar-refractivity contribution is 5.96. The zero-order valence-corrected chi connectivity index (χ0v) is 15.3. The number of benzene rings is 2. The van der Waals surface area contributed by atoms with Crippen LogP contribution in [0.5, 0.6) is 0 Å². The number of hydrogen-bond acceptors (Lipinski definition) is 3. The molecule has 1 aromatic heterocycles. The lowest BCUT2D eigenvalue weighted by atomic mass is 9.95. The summed E-state index contributed by atoms with van der Waals surface area (Å²) >= 11 is 0. The number of nitrogens with one attached hydrogen (secondary N) is 3. The maximum Gasteiger partial charge on any atom is 0.226 e. The van der Waals surface area contributed by atoms with Crippen molar-refractivity contribution in [3.63, 3.8) is 0 Å². The Morgan fingerprint density at radius 1 is 1.11 bits per heavy atom. The zero-order chi connectivity index (χ0) is 18.2. The van der Waals surface area contributed by atoms with Gasteiger partial charge >= 0.3 is 0 Å². The molecule has 1 saturated heterocycles. The lowest BCUT2D eigenvalue weighted by Crippen LogP contribution is -2.19. The number of H-pyrrole nitrogens is 1. The molecule has 138 valence electrons. The standard InChI is InChI=1S/C22H24N4O/c27-21-8-10-23-22-18(5-3-7-20(22)25-21)15-9-11-26(13-15)14-16-12-24-19-6-2-1-4-17(16)19/h1-7,12,15,23-24H,8-11,13-14H2,(H,25,27). The van der Waals surface area contributed by atoms with Crippen molar-refractivity contribution in [1.29, 1.82) is 0 Å². The van der Waals surface area contributed by atoms with Crippen molar-refractivity contribution in [3.05, 3.63) is 59.8 Å². The number of aromatic amines is 1. The molecule has 0 saturated carbocycles. The number of amides is 1. The third-order valence-electron chi connectivity index (χ3n) is 5.81. The molecular formula is C22H24N4O. The number of aromatic nitrogens is 1. The number of hydrogen-bond donors (Lipinski definition) is 3. The summed E-state index contributed by atoms with van der Waals surface area (Å²) in [6.45, 7) is 3.81. The van der Waals surface area contributed by atoms with E-state index in [1.54, 1.807) is 0 Å². The Balaban J connectivity index is 1.35. The highest BCUT2D eigenvalue weighted by Crippen LogP contribution is 2.38. The molecule has 2 aliphatic rings. The van der Waals surface area contributed by atoms with Crippen LogP contribution in [0, 0.1) is 0 Å². The van der Waals surface area contributed by atoms with Crippen LogP contribution < -0.4 is 10.6 Å². The van der Waals surface area contributed by atoms with E-state index in [0.717, 1.165) is 37.4 Å². The van der Waals surface area contributed by atoms with E-state index in [1.165, 1.54) is 22.0 Å². The van der Waals surface area contributed by atoms with E-state index in [1.807, 2.05) is 6.07 Å². The van der Waals surface area contributed by atoms with Crippen LogP contribution in [-0.2, 0) is 11.3 Å². The van der Waals surface area contributed by atoms with E-state index in [0.29, 0.717) is 18.9 Å². The minimum atomic E-state index is 0.0887. The lowest BCUT2D eigenvalue weighted by molar-refractivity contribution is -0.115. The average molecular weight is 360 g/mol. The summed E-state index contributed by atoms with van der Waals surface area (Å²) in [5.74, 6) is 0.582. The first-order valence-electron chi connectivity index (χ1n) is 9.72. The summed E-state index contributed by atoms with van der Waals surface area (Å²) in [5, 5.41) is 7.83. The maximum absolute atomic E-state index is 11.9. The number of carbonyl (C=O) groups excluding carboxylic acids is 1. The normalized spacial score (nSPS) is 20.1. The molecule has 5 rings (SSSR count). The van der Waals surface area contributed by atoms with Crippen molar-refractivity contribution < 1.29 is 4.79 Å². The molecule has 2 aromatic carbocycles. The third-order valence-corrected chi connectivity index (χ3v) is 5.81. The highest BCUT2D eigenvalue weighted by atomic mass is 16.1. The van der Waals surface area contributed by atoms with Gasteiger partial charge in [-0.05, 0) is 42.1 Å². The van der Waals surface area contributed by atoms with Gasteiger partial charge in [-0.1, -0.05) is 30.3 Å². The summed E-state index contributed by atoms with van der Waals surface area (Å²) in [7, 11) is 0. The van der Waals surface area contributed by atoms with Crippen LogP contribution in [0.15, 0.2) is 48.7 Å². The van der Waals surface area contributed by atoms with Crippen molar-refractivity contribution >= 4 is 28.2 Å². The van der Waals surface area contributed by atoms with Gasteiger partial charge in [-0.15, -0.1) is 0 Å². The van der Waals surface area contributed by atoms with E-state index < -0.39 is 0 Å². The quantitative estimate of drug-likeness (QED) is 0.664. The number of carbonyl (C=O) groups is 1. The van der Waals surface area contributed by atoms with Gasteiger partial charge in [0.25, 0.3) is 0 Å². The first kappa shape index (κ1) is 16.4. The number of nitrogens with zero attached hydrogens (tertiary/aromatic N) is 1. The predicted octanol–water partition coefficient (Wildman–Crippen LogP) is 3.91. The van der Waals surface area contributed by atoms with Crippen LogP contribution in [0.2, 0.25) is 0 Å². The largest absolute Gasteiger partial charge is 0.383 e. The Morgan fingerprint density at radius 2 is 2.04 bits per heavy atom. The van der Waals surface area contributed by atoms with Crippen LogP contribution in [0.25, 0.3) is 10.9 Å². The molecule has 0 spiro atoms. The van der Waals surface area contributed by atoms with E-state index in [-0.39, 0.29) is 5.91 Å². The fourth-order valence-corrected chi connectivity index (χ4v) is 4.46. The molecule has 0 aliphatic carbocycles. The van der Waals surface area contributed by atoms with Crippen LogP contribution in [0.1, 0.15) is 29.9 Å². The van der Waals surface area contributed by atoms with Crippen molar-refractivity contribution in [2.45, 2.75) is 25.3 Å². The van der Waals surface area contributed by atoms with E-state index in [4.69, 9.17) is 0 Å². The van der Waals surface area contributed by atoms with Gasteiger partial charge in [-0.3, -0.25) is 9.69 Å². The van der Waals surface area contributed by atoms with Crippen LogP contribution in [0.4, 0.5) is 11.4 Å². The molecule has 1 fully saturated rings. The minimum absolute atomic E-state index is 0.0887. The highest BCUT2D eigenvalue weighted by Gasteiger charge is 2.28. The fourth-order valence-electron chi connectivity index (χ4n) is 4.46. The monoisotopic (exact) mass is 360 g/mol. The van der Waals surface area contributed by atoms with Crippen molar-refractivity contribution in [1.82, 2.24) is 9.88 Å². The Morgan fingerprint density at radius 3 is 3.00 bits per heavy atom. The summed E-state index contributed by atoms with van der Waals surface area (Å²) in [6.07, 6.45) is 3.81. The smallest absolute Gasteiger partial charge is 0.226 e. The molecule has 2 aliphatic heterocycles. The fraction of sp³-hybridized carbons (Fsp3) is 0.318. The average Bonchev–Trinajstić information content (AvgIpc) is 3.25. The van der Waals surface area contributed by atoms with Crippen molar-refractivity contribution in [2.75, 3.05) is 30.3 Å². The lowest BCUT2D eigenvalue weighted by Gasteiger charge is -2.19. The first-order chi connectivity index (χ1) is 13.3. The molecule has 3 N–H and O–H groups in total. The molecule has 0 radical (unpaired) electrons. The molecular weight excluding hydrogens is 336 g/mol. The van der Waals surface area contributed by atoms with Gasteiger partial charge in [0.15, 0.2) is 0 Å².